The predicted octanol–water partition coefficient (Wildman–Crippen LogP) is 2.81. The standard InChI is InChI=1S/C24H24F3N5O4S/c1-14-10-17(24(25,26)27)12-30-23(14)31-19-7-9-32(13-21(19)33)37(35,36)18-4-2-15(3-5-18)16-6-8-29-20(11-16)22(28)34/h2-6,8,10-12,19,21,33H,7,9,13H2,1H3,(H2,28,34)(H,30,31)/t19-,21+/m1/s1. The van der Waals surface area contributed by atoms with Crippen LogP contribution in [0.25, 0.3) is 11.1 Å². The number of piperidine rings is 1. The molecule has 0 radical (unpaired) electrons. The second-order valence-electron chi connectivity index (χ2n) is 8.68. The van der Waals surface area contributed by atoms with Crippen LogP contribution in [-0.2, 0) is 16.2 Å². The third-order valence-corrected chi connectivity index (χ3v) is 7.99. The molecule has 1 aromatic carbocycles. The van der Waals surface area contributed by atoms with E-state index in [0.29, 0.717) is 17.3 Å². The Hall–Kier alpha value is -3.55. The van der Waals surface area contributed by atoms with Crippen LogP contribution < -0.4 is 11.1 Å². The van der Waals surface area contributed by atoms with E-state index in [1.807, 2.05) is 0 Å². The molecule has 1 fully saturated rings. The van der Waals surface area contributed by atoms with Crippen molar-refractivity contribution in [1.82, 2.24) is 14.3 Å². The molecule has 0 saturated carbocycles. The number of halogens is 3. The zero-order valence-electron chi connectivity index (χ0n) is 19.6. The normalized spacial score (nSPS) is 18.9. The summed E-state index contributed by atoms with van der Waals surface area (Å²) < 4.78 is 66.2. The Morgan fingerprint density at radius 2 is 1.84 bits per heavy atom. The fraction of sp³-hybridized carbons (Fsp3) is 0.292. The number of anilines is 1. The number of aliphatic hydroxyl groups is 1. The first kappa shape index (κ1) is 26.5. The van der Waals surface area contributed by atoms with Crippen LogP contribution in [0.1, 0.15) is 28.0 Å². The summed E-state index contributed by atoms with van der Waals surface area (Å²) in [6.45, 7) is 1.36. The van der Waals surface area contributed by atoms with E-state index in [-0.39, 0.29) is 41.5 Å². The van der Waals surface area contributed by atoms with Gasteiger partial charge in [0.2, 0.25) is 10.0 Å². The summed E-state index contributed by atoms with van der Waals surface area (Å²) in [4.78, 5) is 19.1. The molecule has 2 aromatic heterocycles. The van der Waals surface area contributed by atoms with Gasteiger partial charge in [0.05, 0.1) is 22.6 Å². The second kappa shape index (κ2) is 10.1. The lowest BCUT2D eigenvalue weighted by molar-refractivity contribution is -0.137. The van der Waals surface area contributed by atoms with Crippen LogP contribution in [0.5, 0.6) is 0 Å². The fourth-order valence-electron chi connectivity index (χ4n) is 4.06. The van der Waals surface area contributed by atoms with E-state index < -0.39 is 39.8 Å². The molecular weight excluding hydrogens is 511 g/mol. The Labute approximate surface area is 211 Å². The first-order valence-electron chi connectivity index (χ1n) is 11.2. The molecule has 13 heteroatoms. The van der Waals surface area contributed by atoms with Crippen LogP contribution in [0.2, 0.25) is 0 Å². The molecule has 9 nitrogen and oxygen atoms in total. The van der Waals surface area contributed by atoms with Crippen molar-refractivity contribution < 1.29 is 31.5 Å². The molecule has 0 unspecified atom stereocenters. The van der Waals surface area contributed by atoms with Gasteiger partial charge in [-0.05, 0) is 60.4 Å². The smallest absolute Gasteiger partial charge is 0.390 e. The van der Waals surface area contributed by atoms with Gasteiger partial charge in [0, 0.05) is 25.5 Å². The fourth-order valence-corrected chi connectivity index (χ4v) is 5.53. The number of aromatic nitrogens is 2. The number of carbonyl (C=O) groups excluding carboxylic acids is 1. The Balaban J connectivity index is 1.44. The Morgan fingerprint density at radius 1 is 1.14 bits per heavy atom. The minimum absolute atomic E-state index is 0.0271. The van der Waals surface area contributed by atoms with E-state index >= 15 is 0 Å². The number of aliphatic hydroxyl groups excluding tert-OH is 1. The summed E-state index contributed by atoms with van der Waals surface area (Å²) in [5.41, 5.74) is 6.03. The van der Waals surface area contributed by atoms with E-state index in [4.69, 9.17) is 5.73 Å². The number of hydrogen-bond donors (Lipinski definition) is 3. The number of β-amino-alcohol motifs (C(OH)–C–C–N with tert-alkyl or cyclic N) is 1. The van der Waals surface area contributed by atoms with Crippen molar-refractivity contribution in [3.8, 4) is 11.1 Å². The number of pyridine rings is 2. The maximum Gasteiger partial charge on any atom is 0.417 e. The number of rotatable bonds is 6. The lowest BCUT2D eigenvalue weighted by Gasteiger charge is -2.36. The maximum absolute atomic E-state index is 13.2. The molecule has 4 rings (SSSR count). The van der Waals surface area contributed by atoms with Crippen LogP contribution >= 0.6 is 0 Å². The van der Waals surface area contributed by atoms with Crippen LogP contribution in [0.4, 0.5) is 19.0 Å². The van der Waals surface area contributed by atoms with Crippen molar-refractivity contribution >= 4 is 21.7 Å². The van der Waals surface area contributed by atoms with E-state index in [9.17, 15) is 31.5 Å². The monoisotopic (exact) mass is 535 g/mol. The number of nitrogens with zero attached hydrogens (tertiary/aromatic N) is 3. The average molecular weight is 536 g/mol. The minimum atomic E-state index is -4.52. The molecule has 0 spiro atoms. The summed E-state index contributed by atoms with van der Waals surface area (Å²) >= 11 is 0. The van der Waals surface area contributed by atoms with Gasteiger partial charge in [-0.25, -0.2) is 13.4 Å². The molecule has 1 aliphatic rings. The van der Waals surface area contributed by atoms with Gasteiger partial charge >= 0.3 is 6.18 Å². The largest absolute Gasteiger partial charge is 0.417 e. The number of nitrogens with one attached hydrogen (secondary N) is 1. The summed E-state index contributed by atoms with van der Waals surface area (Å²) in [6, 6.07) is 9.59. The maximum atomic E-state index is 13.2. The highest BCUT2D eigenvalue weighted by atomic mass is 32.2. The molecule has 1 aliphatic heterocycles. The number of hydrogen-bond acceptors (Lipinski definition) is 7. The second-order valence-corrected chi connectivity index (χ2v) is 10.6. The highest BCUT2D eigenvalue weighted by Gasteiger charge is 2.36. The van der Waals surface area contributed by atoms with Gasteiger partial charge in [-0.3, -0.25) is 9.78 Å². The van der Waals surface area contributed by atoms with Crippen molar-refractivity contribution in [1.29, 1.82) is 0 Å². The molecule has 0 aliphatic carbocycles. The zero-order valence-corrected chi connectivity index (χ0v) is 20.4. The number of nitrogens with two attached hydrogens (primary N) is 1. The first-order valence-corrected chi connectivity index (χ1v) is 12.6. The quantitative estimate of drug-likeness (QED) is 0.441. The van der Waals surface area contributed by atoms with Gasteiger partial charge in [-0.1, -0.05) is 12.1 Å². The molecule has 3 aromatic rings. The molecular formula is C24H24F3N5O4S. The third kappa shape index (κ3) is 5.73. The van der Waals surface area contributed by atoms with Gasteiger partial charge < -0.3 is 16.2 Å². The zero-order chi connectivity index (χ0) is 27.0. The van der Waals surface area contributed by atoms with Gasteiger partial charge in [0.15, 0.2) is 0 Å². The lowest BCUT2D eigenvalue weighted by atomic mass is 10.0. The van der Waals surface area contributed by atoms with Crippen LogP contribution in [0.15, 0.2) is 59.8 Å². The van der Waals surface area contributed by atoms with Crippen molar-refractivity contribution in [2.45, 2.75) is 36.6 Å². The number of sulfonamides is 1. The van der Waals surface area contributed by atoms with Crippen molar-refractivity contribution in [2.24, 2.45) is 5.73 Å². The topological polar surface area (TPSA) is 139 Å². The average Bonchev–Trinajstić information content (AvgIpc) is 2.85. The molecule has 0 bridgehead atoms. The Bertz CT molecular complexity index is 1410. The molecule has 1 amide bonds. The van der Waals surface area contributed by atoms with Crippen molar-refractivity contribution in [2.75, 3.05) is 18.4 Å². The van der Waals surface area contributed by atoms with Crippen LogP contribution in [0, 0.1) is 6.92 Å². The lowest BCUT2D eigenvalue weighted by Crippen LogP contribution is -2.51. The number of primary amides is 1. The van der Waals surface area contributed by atoms with Gasteiger partial charge in [-0.2, -0.15) is 17.5 Å². The molecule has 196 valence electrons. The first-order chi connectivity index (χ1) is 17.4. The number of aryl methyl sites for hydroxylation is 1. The summed E-state index contributed by atoms with van der Waals surface area (Å²) in [6.07, 6.45) is -3.27. The van der Waals surface area contributed by atoms with Crippen LogP contribution in [-0.4, -0.2) is 58.9 Å². The van der Waals surface area contributed by atoms with Crippen molar-refractivity contribution in [3.63, 3.8) is 0 Å². The van der Waals surface area contributed by atoms with Crippen LogP contribution in [0.3, 0.4) is 0 Å². The van der Waals surface area contributed by atoms with Crippen molar-refractivity contribution in [3.05, 3.63) is 71.7 Å². The summed E-state index contributed by atoms with van der Waals surface area (Å²) in [7, 11) is -3.92. The highest BCUT2D eigenvalue weighted by Crippen LogP contribution is 2.31. The highest BCUT2D eigenvalue weighted by molar-refractivity contribution is 7.89. The Morgan fingerprint density at radius 3 is 2.43 bits per heavy atom. The molecule has 37 heavy (non-hydrogen) atoms. The van der Waals surface area contributed by atoms with Gasteiger partial charge in [-0.15, -0.1) is 0 Å². The molecule has 4 N–H and O–H groups in total. The van der Waals surface area contributed by atoms with E-state index in [0.717, 1.165) is 10.4 Å². The molecule has 3 heterocycles. The van der Waals surface area contributed by atoms with Gasteiger partial charge in [0.25, 0.3) is 5.91 Å². The minimum Gasteiger partial charge on any atom is -0.390 e. The summed E-state index contributed by atoms with van der Waals surface area (Å²) in [5.74, 6) is -0.485. The number of amides is 1. The van der Waals surface area contributed by atoms with E-state index in [1.54, 1.807) is 18.2 Å². The SMILES string of the molecule is Cc1cc(C(F)(F)F)cnc1N[C@@H]1CCN(S(=O)(=O)c2ccc(-c3ccnc(C(N)=O)c3)cc2)C[C@@H]1O. The third-order valence-electron chi connectivity index (χ3n) is 6.11. The number of carbonyl (C=O) groups is 1. The van der Waals surface area contributed by atoms with E-state index in [2.05, 4.69) is 15.3 Å². The predicted molar refractivity (Wildman–Crippen MR) is 129 cm³/mol. The van der Waals surface area contributed by atoms with E-state index in [1.165, 1.54) is 31.3 Å². The number of alkyl halides is 3. The molecule has 2 atom stereocenters. The molecule has 1 saturated heterocycles. The Kier molecular flexibility index (Phi) is 7.22. The van der Waals surface area contributed by atoms with Gasteiger partial charge in [0.1, 0.15) is 11.5 Å². The summed E-state index contributed by atoms with van der Waals surface area (Å²) in [5, 5.41) is 13.6. The number of benzene rings is 1.